The topological polar surface area (TPSA) is 84.2 Å². The van der Waals surface area contributed by atoms with E-state index in [0.29, 0.717) is 5.69 Å². The van der Waals surface area contributed by atoms with Gasteiger partial charge in [-0.3, -0.25) is 4.79 Å². The number of hydrogen-bond acceptors (Lipinski definition) is 2. The van der Waals surface area contributed by atoms with Gasteiger partial charge < -0.3 is 16.4 Å². The van der Waals surface area contributed by atoms with Gasteiger partial charge in [0.05, 0.1) is 0 Å². The molecule has 21 heavy (non-hydrogen) atoms. The third-order valence-corrected chi connectivity index (χ3v) is 3.27. The number of anilines is 1. The van der Waals surface area contributed by atoms with E-state index in [-0.39, 0.29) is 17.2 Å². The highest BCUT2D eigenvalue weighted by Crippen LogP contribution is 2.23. The van der Waals surface area contributed by atoms with Gasteiger partial charge in [-0.25, -0.2) is 4.79 Å². The molecule has 0 fully saturated rings. The SMILES string of the molecule is CC(C)[C@H](NC(N)=O)C(=O)Nc1ccc(C(C)(C)C)cc1. The molecule has 4 N–H and O–H groups in total. The Morgan fingerprint density at radius 1 is 1.10 bits per heavy atom. The quantitative estimate of drug-likeness (QED) is 0.796. The van der Waals surface area contributed by atoms with Gasteiger partial charge in [-0.2, -0.15) is 0 Å². The van der Waals surface area contributed by atoms with Crippen molar-refractivity contribution < 1.29 is 9.59 Å². The Morgan fingerprint density at radius 3 is 2.00 bits per heavy atom. The Labute approximate surface area is 126 Å². The van der Waals surface area contributed by atoms with Crippen molar-refractivity contribution in [2.75, 3.05) is 5.32 Å². The summed E-state index contributed by atoms with van der Waals surface area (Å²) in [5, 5.41) is 5.26. The molecule has 1 aromatic rings. The first-order valence-corrected chi connectivity index (χ1v) is 7.08. The highest BCUT2D eigenvalue weighted by atomic mass is 16.2. The lowest BCUT2D eigenvalue weighted by atomic mass is 9.87. The van der Waals surface area contributed by atoms with Crippen LogP contribution >= 0.6 is 0 Å². The van der Waals surface area contributed by atoms with Crippen molar-refractivity contribution in [2.45, 2.75) is 46.1 Å². The molecule has 0 saturated heterocycles. The third-order valence-electron chi connectivity index (χ3n) is 3.27. The molecule has 0 radical (unpaired) electrons. The Morgan fingerprint density at radius 2 is 1.62 bits per heavy atom. The Hall–Kier alpha value is -2.04. The van der Waals surface area contributed by atoms with Gasteiger partial charge in [0.25, 0.3) is 0 Å². The van der Waals surface area contributed by atoms with Crippen LogP contribution in [0.2, 0.25) is 0 Å². The van der Waals surface area contributed by atoms with Crippen molar-refractivity contribution >= 4 is 17.6 Å². The van der Waals surface area contributed by atoms with Gasteiger partial charge in [0, 0.05) is 5.69 Å². The summed E-state index contributed by atoms with van der Waals surface area (Å²) in [6.45, 7) is 10.1. The molecule has 1 rings (SSSR count). The number of nitrogens with two attached hydrogens (primary N) is 1. The van der Waals surface area contributed by atoms with Gasteiger partial charge in [0.1, 0.15) is 6.04 Å². The van der Waals surface area contributed by atoms with E-state index in [2.05, 4.69) is 31.4 Å². The van der Waals surface area contributed by atoms with Crippen LogP contribution in [-0.2, 0) is 10.2 Å². The van der Waals surface area contributed by atoms with Crippen LogP contribution in [-0.4, -0.2) is 18.0 Å². The lowest BCUT2D eigenvalue weighted by Gasteiger charge is -2.22. The number of urea groups is 1. The smallest absolute Gasteiger partial charge is 0.312 e. The van der Waals surface area contributed by atoms with E-state index in [4.69, 9.17) is 5.73 Å². The summed E-state index contributed by atoms with van der Waals surface area (Å²) in [6, 6.07) is 6.35. The second-order valence-corrected chi connectivity index (χ2v) is 6.55. The van der Waals surface area contributed by atoms with Crippen LogP contribution in [0.5, 0.6) is 0 Å². The number of hydrogen-bond donors (Lipinski definition) is 3. The minimum Gasteiger partial charge on any atom is -0.352 e. The number of rotatable bonds is 4. The van der Waals surface area contributed by atoms with Crippen molar-refractivity contribution in [1.82, 2.24) is 5.32 Å². The number of primary amides is 1. The van der Waals surface area contributed by atoms with Gasteiger partial charge in [-0.15, -0.1) is 0 Å². The molecule has 5 nitrogen and oxygen atoms in total. The van der Waals surface area contributed by atoms with E-state index in [1.165, 1.54) is 5.56 Å². The molecular weight excluding hydrogens is 266 g/mol. The van der Waals surface area contributed by atoms with Crippen LogP contribution in [0.1, 0.15) is 40.2 Å². The zero-order valence-corrected chi connectivity index (χ0v) is 13.4. The Bertz CT molecular complexity index is 501. The fraction of sp³-hybridized carbons (Fsp3) is 0.500. The molecule has 0 unspecified atom stereocenters. The van der Waals surface area contributed by atoms with Gasteiger partial charge in [0.15, 0.2) is 0 Å². The van der Waals surface area contributed by atoms with Crippen molar-refractivity contribution in [1.29, 1.82) is 0 Å². The zero-order chi connectivity index (χ0) is 16.2. The summed E-state index contributed by atoms with van der Waals surface area (Å²) in [4.78, 5) is 23.1. The van der Waals surface area contributed by atoms with E-state index >= 15 is 0 Å². The maximum Gasteiger partial charge on any atom is 0.312 e. The van der Waals surface area contributed by atoms with E-state index < -0.39 is 12.1 Å². The standard InChI is InChI=1S/C16H25N3O2/c1-10(2)13(19-15(17)21)14(20)18-12-8-6-11(7-9-12)16(3,4)5/h6-10,13H,1-5H3,(H,18,20)(H3,17,19,21)/t13-/m0/s1. The molecular formula is C16H25N3O2. The van der Waals surface area contributed by atoms with Crippen LogP contribution in [0, 0.1) is 5.92 Å². The second kappa shape index (κ2) is 6.61. The Balaban J connectivity index is 2.79. The zero-order valence-electron chi connectivity index (χ0n) is 13.4. The molecule has 5 heteroatoms. The fourth-order valence-electron chi connectivity index (χ4n) is 1.96. The predicted molar refractivity (Wildman–Crippen MR) is 85.1 cm³/mol. The maximum atomic E-state index is 12.2. The largest absolute Gasteiger partial charge is 0.352 e. The lowest BCUT2D eigenvalue weighted by Crippen LogP contribution is -2.49. The fourth-order valence-corrected chi connectivity index (χ4v) is 1.96. The molecule has 0 aliphatic rings. The first kappa shape index (κ1) is 17.0. The lowest BCUT2D eigenvalue weighted by molar-refractivity contribution is -0.118. The minimum absolute atomic E-state index is 0.0497. The molecule has 0 heterocycles. The molecule has 0 aliphatic carbocycles. The van der Waals surface area contributed by atoms with Crippen molar-refractivity contribution in [3.05, 3.63) is 29.8 Å². The van der Waals surface area contributed by atoms with Gasteiger partial charge in [-0.05, 0) is 29.0 Å². The molecule has 0 saturated carbocycles. The van der Waals surface area contributed by atoms with Crippen LogP contribution in [0.25, 0.3) is 0 Å². The first-order chi connectivity index (χ1) is 9.61. The molecule has 0 spiro atoms. The summed E-state index contributed by atoms with van der Waals surface area (Å²) in [7, 11) is 0. The molecule has 0 aliphatic heterocycles. The maximum absolute atomic E-state index is 12.2. The third kappa shape index (κ3) is 5.10. The number of carbonyl (C=O) groups excluding carboxylic acids is 2. The van der Waals surface area contributed by atoms with Crippen molar-refractivity contribution in [3.8, 4) is 0 Å². The van der Waals surface area contributed by atoms with Gasteiger partial charge in [-0.1, -0.05) is 46.8 Å². The molecule has 1 atom stereocenters. The summed E-state index contributed by atoms with van der Waals surface area (Å²) in [5.74, 6) is -0.321. The summed E-state index contributed by atoms with van der Waals surface area (Å²) >= 11 is 0. The van der Waals surface area contributed by atoms with Crippen LogP contribution in [0.3, 0.4) is 0 Å². The van der Waals surface area contributed by atoms with E-state index in [0.717, 1.165) is 0 Å². The highest BCUT2D eigenvalue weighted by molar-refractivity contribution is 5.97. The first-order valence-electron chi connectivity index (χ1n) is 7.08. The molecule has 3 amide bonds. The molecule has 0 bridgehead atoms. The van der Waals surface area contributed by atoms with Crippen LogP contribution in [0.4, 0.5) is 10.5 Å². The van der Waals surface area contributed by atoms with Crippen molar-refractivity contribution in [3.63, 3.8) is 0 Å². The van der Waals surface area contributed by atoms with Crippen LogP contribution < -0.4 is 16.4 Å². The average molecular weight is 291 g/mol. The minimum atomic E-state index is -0.702. The normalized spacial score (nSPS) is 12.9. The number of nitrogens with one attached hydrogen (secondary N) is 2. The average Bonchev–Trinajstić information content (AvgIpc) is 2.34. The van der Waals surface area contributed by atoms with E-state index in [1.807, 2.05) is 38.1 Å². The monoisotopic (exact) mass is 291 g/mol. The summed E-state index contributed by atoms with van der Waals surface area (Å²) < 4.78 is 0. The van der Waals surface area contributed by atoms with Gasteiger partial charge >= 0.3 is 6.03 Å². The Kier molecular flexibility index (Phi) is 5.35. The summed E-state index contributed by atoms with van der Waals surface area (Å²) in [6.07, 6.45) is 0. The highest BCUT2D eigenvalue weighted by Gasteiger charge is 2.23. The van der Waals surface area contributed by atoms with E-state index in [1.54, 1.807) is 0 Å². The summed E-state index contributed by atoms with van der Waals surface area (Å²) in [5.41, 5.74) is 7.06. The second-order valence-electron chi connectivity index (χ2n) is 6.55. The predicted octanol–water partition coefficient (Wildman–Crippen LogP) is 2.62. The number of amides is 3. The number of carbonyl (C=O) groups is 2. The number of benzene rings is 1. The van der Waals surface area contributed by atoms with E-state index in [9.17, 15) is 9.59 Å². The molecule has 0 aromatic heterocycles. The van der Waals surface area contributed by atoms with Crippen LogP contribution in [0.15, 0.2) is 24.3 Å². The molecule has 116 valence electrons. The van der Waals surface area contributed by atoms with Gasteiger partial charge in [0.2, 0.25) is 5.91 Å². The van der Waals surface area contributed by atoms with Crippen molar-refractivity contribution in [2.24, 2.45) is 11.7 Å². The molecule has 1 aromatic carbocycles.